The number of nitro groups is 1. The third-order valence-electron chi connectivity index (χ3n) is 3.50. The number of benzene rings is 2. The summed E-state index contributed by atoms with van der Waals surface area (Å²) in [4.78, 5) is 10.2. The summed E-state index contributed by atoms with van der Waals surface area (Å²) < 4.78 is 39.4. The topological polar surface area (TPSA) is 97.6 Å². The van der Waals surface area contributed by atoms with Crippen molar-refractivity contribution in [3.05, 3.63) is 63.7 Å². The van der Waals surface area contributed by atoms with E-state index in [1.165, 1.54) is 24.3 Å². The van der Waals surface area contributed by atoms with Crippen LogP contribution >= 0.6 is 0 Å². The molecule has 10 heteroatoms. The Balaban J connectivity index is 2.08. The number of allylic oxidation sites excluding steroid dienone is 1. The van der Waals surface area contributed by atoms with Gasteiger partial charge in [0.1, 0.15) is 17.3 Å². The van der Waals surface area contributed by atoms with Gasteiger partial charge in [-0.3, -0.25) is 10.1 Å². The van der Waals surface area contributed by atoms with Crippen molar-refractivity contribution in [3.63, 3.8) is 0 Å². The monoisotopic (exact) mass is 359 g/mol. The molecule has 0 aliphatic carbocycles. The minimum absolute atomic E-state index is 0.0278. The Morgan fingerprint density at radius 1 is 1.27 bits per heavy atom. The largest absolute Gasteiger partial charge is 0.416 e. The first-order chi connectivity index (χ1) is 12.3. The normalized spacial score (nSPS) is 12.2. The number of hydrogen-bond donors (Lipinski definition) is 0. The van der Waals surface area contributed by atoms with E-state index in [0.717, 1.165) is 22.9 Å². The van der Waals surface area contributed by atoms with Crippen molar-refractivity contribution >= 4 is 28.5 Å². The minimum atomic E-state index is -4.52. The van der Waals surface area contributed by atoms with Crippen LogP contribution in [-0.4, -0.2) is 19.9 Å². The summed E-state index contributed by atoms with van der Waals surface area (Å²) in [5.74, 6) is 0. The van der Waals surface area contributed by atoms with Crippen molar-refractivity contribution in [2.75, 3.05) is 0 Å². The Bertz CT molecular complexity index is 1080. The maximum Gasteiger partial charge on any atom is 0.416 e. The second kappa shape index (κ2) is 6.29. The van der Waals surface area contributed by atoms with E-state index >= 15 is 0 Å². The summed E-state index contributed by atoms with van der Waals surface area (Å²) in [5, 5.41) is 27.6. The van der Waals surface area contributed by atoms with Crippen LogP contribution in [0.4, 0.5) is 18.9 Å². The molecule has 0 aliphatic rings. The van der Waals surface area contributed by atoms with Crippen LogP contribution < -0.4 is 0 Å². The maximum absolute atomic E-state index is 12.8. The van der Waals surface area contributed by atoms with Crippen LogP contribution in [-0.2, 0) is 6.18 Å². The van der Waals surface area contributed by atoms with Crippen molar-refractivity contribution in [1.29, 1.82) is 5.26 Å². The molecule has 0 atom stereocenters. The van der Waals surface area contributed by atoms with Gasteiger partial charge in [-0.25, -0.2) is 4.68 Å². The van der Waals surface area contributed by atoms with Gasteiger partial charge in [0.2, 0.25) is 0 Å². The summed E-state index contributed by atoms with van der Waals surface area (Å²) in [7, 11) is 0. The van der Waals surface area contributed by atoms with Gasteiger partial charge in [-0.1, -0.05) is 17.3 Å². The van der Waals surface area contributed by atoms with Gasteiger partial charge in [0, 0.05) is 12.1 Å². The summed E-state index contributed by atoms with van der Waals surface area (Å²) in [6, 6.07) is 10.3. The lowest BCUT2D eigenvalue weighted by molar-refractivity contribution is -0.384. The third-order valence-corrected chi connectivity index (χ3v) is 3.50. The molecule has 0 saturated carbocycles. The fourth-order valence-electron chi connectivity index (χ4n) is 2.30. The van der Waals surface area contributed by atoms with Crippen LogP contribution in [0, 0.1) is 21.4 Å². The Labute approximate surface area is 143 Å². The van der Waals surface area contributed by atoms with Crippen LogP contribution in [0.5, 0.6) is 0 Å². The first-order valence-corrected chi connectivity index (χ1v) is 7.09. The molecule has 1 aromatic heterocycles. The summed E-state index contributed by atoms with van der Waals surface area (Å²) >= 11 is 0. The van der Waals surface area contributed by atoms with Crippen molar-refractivity contribution in [2.45, 2.75) is 6.18 Å². The summed E-state index contributed by atoms with van der Waals surface area (Å²) in [5.41, 5.74) is -0.539. The molecule has 2 aromatic carbocycles. The highest BCUT2D eigenvalue weighted by molar-refractivity contribution is 5.86. The number of nitriles is 1. The molecule has 0 saturated heterocycles. The zero-order valence-corrected chi connectivity index (χ0v) is 12.8. The molecule has 26 heavy (non-hydrogen) atoms. The second-order valence-electron chi connectivity index (χ2n) is 5.20. The standard InChI is InChI=1S/C16H8F3N5O2/c17-16(18,19)11-4-5-15-14(8-11)21-22-23(15)13(9-20)7-10-2-1-3-12(6-10)24(25)26/h1-8H/b13-7+. The van der Waals surface area contributed by atoms with E-state index in [0.29, 0.717) is 5.56 Å². The highest BCUT2D eigenvalue weighted by Crippen LogP contribution is 2.31. The average molecular weight is 359 g/mol. The number of nitro benzene ring substituents is 1. The van der Waals surface area contributed by atoms with E-state index in [4.69, 9.17) is 0 Å². The van der Waals surface area contributed by atoms with Gasteiger partial charge in [-0.15, -0.1) is 5.10 Å². The lowest BCUT2D eigenvalue weighted by atomic mass is 10.1. The van der Waals surface area contributed by atoms with E-state index in [1.807, 2.05) is 6.07 Å². The average Bonchev–Trinajstić information content (AvgIpc) is 3.02. The van der Waals surface area contributed by atoms with E-state index in [9.17, 15) is 28.5 Å². The summed E-state index contributed by atoms with van der Waals surface area (Å²) in [6.45, 7) is 0. The molecular formula is C16H8F3N5O2. The predicted octanol–water partition coefficient (Wildman–Crippen LogP) is 3.88. The van der Waals surface area contributed by atoms with Crippen molar-refractivity contribution in [1.82, 2.24) is 15.0 Å². The van der Waals surface area contributed by atoms with Crippen molar-refractivity contribution < 1.29 is 18.1 Å². The molecule has 0 unspecified atom stereocenters. The highest BCUT2D eigenvalue weighted by atomic mass is 19.4. The quantitative estimate of drug-likeness (QED) is 0.401. The first kappa shape index (κ1) is 17.1. The first-order valence-electron chi connectivity index (χ1n) is 7.09. The maximum atomic E-state index is 12.8. The number of halogens is 3. The van der Waals surface area contributed by atoms with Crippen LogP contribution in [0.1, 0.15) is 11.1 Å². The van der Waals surface area contributed by atoms with Gasteiger partial charge < -0.3 is 0 Å². The molecule has 0 aliphatic heterocycles. The Morgan fingerprint density at radius 2 is 2.04 bits per heavy atom. The summed E-state index contributed by atoms with van der Waals surface area (Å²) in [6.07, 6.45) is -3.19. The van der Waals surface area contributed by atoms with Crippen LogP contribution in [0.15, 0.2) is 42.5 Å². The molecule has 0 spiro atoms. The predicted molar refractivity (Wildman–Crippen MR) is 85.4 cm³/mol. The highest BCUT2D eigenvalue weighted by Gasteiger charge is 2.31. The van der Waals surface area contributed by atoms with E-state index in [2.05, 4.69) is 10.3 Å². The van der Waals surface area contributed by atoms with Gasteiger partial charge in [-0.2, -0.15) is 18.4 Å². The van der Waals surface area contributed by atoms with Gasteiger partial charge in [0.25, 0.3) is 5.69 Å². The fourth-order valence-corrected chi connectivity index (χ4v) is 2.30. The number of aromatic nitrogens is 3. The Hall–Kier alpha value is -3.74. The number of fused-ring (bicyclic) bond motifs is 1. The number of alkyl halides is 3. The molecule has 0 radical (unpaired) electrons. The minimum Gasteiger partial charge on any atom is -0.258 e. The zero-order chi connectivity index (χ0) is 18.9. The lowest BCUT2D eigenvalue weighted by Gasteiger charge is -2.06. The molecular weight excluding hydrogens is 351 g/mol. The molecule has 0 N–H and O–H groups in total. The van der Waals surface area contributed by atoms with Crippen LogP contribution in [0.3, 0.4) is 0 Å². The molecule has 0 fully saturated rings. The van der Waals surface area contributed by atoms with Gasteiger partial charge in [0.05, 0.1) is 16.0 Å². The molecule has 130 valence electrons. The van der Waals surface area contributed by atoms with Crippen molar-refractivity contribution in [3.8, 4) is 6.07 Å². The van der Waals surface area contributed by atoms with Gasteiger partial charge in [-0.05, 0) is 29.8 Å². The molecule has 0 amide bonds. The van der Waals surface area contributed by atoms with Gasteiger partial charge >= 0.3 is 6.18 Å². The van der Waals surface area contributed by atoms with Crippen molar-refractivity contribution in [2.24, 2.45) is 0 Å². The molecule has 1 heterocycles. The van der Waals surface area contributed by atoms with Crippen LogP contribution in [0.2, 0.25) is 0 Å². The fraction of sp³-hybridized carbons (Fsp3) is 0.0625. The van der Waals surface area contributed by atoms with E-state index in [-0.39, 0.29) is 22.4 Å². The molecule has 3 aromatic rings. The number of rotatable bonds is 3. The van der Waals surface area contributed by atoms with E-state index < -0.39 is 16.7 Å². The van der Waals surface area contributed by atoms with Crippen LogP contribution in [0.25, 0.3) is 22.8 Å². The SMILES string of the molecule is N#C/C(=C\c1cccc([N+](=O)[O-])c1)n1nnc2cc(C(F)(F)F)ccc21. The Morgan fingerprint density at radius 3 is 2.69 bits per heavy atom. The zero-order valence-electron chi connectivity index (χ0n) is 12.8. The second-order valence-corrected chi connectivity index (χ2v) is 5.20. The number of nitrogens with zero attached hydrogens (tertiary/aromatic N) is 5. The lowest BCUT2D eigenvalue weighted by Crippen LogP contribution is -2.04. The number of hydrogen-bond acceptors (Lipinski definition) is 5. The smallest absolute Gasteiger partial charge is 0.258 e. The third kappa shape index (κ3) is 3.23. The number of non-ortho nitro benzene ring substituents is 1. The Kier molecular flexibility index (Phi) is 4.13. The van der Waals surface area contributed by atoms with E-state index in [1.54, 1.807) is 6.07 Å². The molecule has 7 nitrogen and oxygen atoms in total. The molecule has 0 bridgehead atoms. The molecule has 3 rings (SSSR count). The van der Waals surface area contributed by atoms with Gasteiger partial charge in [0.15, 0.2) is 0 Å².